The van der Waals surface area contributed by atoms with Gasteiger partial charge >= 0.3 is 0 Å². The third-order valence-electron chi connectivity index (χ3n) is 3.25. The van der Waals surface area contributed by atoms with Gasteiger partial charge in [0.25, 0.3) is 0 Å². The lowest BCUT2D eigenvalue weighted by atomic mass is 10.2. The Morgan fingerprint density at radius 1 is 1.12 bits per heavy atom. The summed E-state index contributed by atoms with van der Waals surface area (Å²) in [6.07, 6.45) is 3.16. The predicted molar refractivity (Wildman–Crippen MR) is 92.3 cm³/mol. The molecular weight excluding hydrogens is 328 g/mol. The molecule has 0 spiro atoms. The molecule has 2 aromatic carbocycles. The zero-order valence-corrected chi connectivity index (χ0v) is 13.7. The molecule has 0 aliphatic carbocycles. The van der Waals surface area contributed by atoms with Crippen molar-refractivity contribution in [1.82, 2.24) is 4.98 Å². The highest BCUT2D eigenvalue weighted by Gasteiger charge is 2.07. The van der Waals surface area contributed by atoms with Gasteiger partial charge in [-0.2, -0.15) is 0 Å². The van der Waals surface area contributed by atoms with Gasteiger partial charge in [0.2, 0.25) is 5.89 Å². The van der Waals surface area contributed by atoms with E-state index in [1.807, 2.05) is 36.4 Å². The number of nitrogens with zero attached hydrogens (tertiary/aromatic N) is 2. The van der Waals surface area contributed by atoms with Crippen molar-refractivity contribution >= 4 is 17.8 Å². The first kappa shape index (κ1) is 16.1. The van der Waals surface area contributed by atoms with Crippen LogP contribution in [-0.2, 0) is 11.4 Å². The molecule has 0 fully saturated rings. The van der Waals surface area contributed by atoms with Gasteiger partial charge in [-0.1, -0.05) is 28.9 Å². The van der Waals surface area contributed by atoms with E-state index in [0.717, 1.165) is 16.9 Å². The maximum Gasteiger partial charge on any atom is 0.226 e. The van der Waals surface area contributed by atoms with Crippen molar-refractivity contribution in [2.75, 3.05) is 7.11 Å². The van der Waals surface area contributed by atoms with E-state index >= 15 is 0 Å². The molecule has 0 bridgehead atoms. The quantitative estimate of drug-likeness (QED) is 0.487. The highest BCUT2D eigenvalue weighted by Crippen LogP contribution is 2.21. The summed E-state index contributed by atoms with van der Waals surface area (Å²) in [4.78, 5) is 9.60. The van der Waals surface area contributed by atoms with Crippen LogP contribution < -0.4 is 4.74 Å². The summed E-state index contributed by atoms with van der Waals surface area (Å²) in [5, 5.41) is 4.59. The average Bonchev–Trinajstić information content (AvgIpc) is 3.09. The van der Waals surface area contributed by atoms with Crippen LogP contribution in [0.4, 0.5) is 0 Å². The Kier molecular flexibility index (Phi) is 5.13. The van der Waals surface area contributed by atoms with E-state index in [1.165, 1.54) is 0 Å². The molecule has 0 aliphatic rings. The first-order valence-electron chi connectivity index (χ1n) is 7.24. The zero-order chi connectivity index (χ0) is 16.8. The Bertz CT molecular complexity index is 811. The van der Waals surface area contributed by atoms with E-state index in [0.29, 0.717) is 16.6 Å². The molecule has 6 heteroatoms. The monoisotopic (exact) mass is 342 g/mol. The molecule has 1 heterocycles. The molecule has 122 valence electrons. The first-order valence-corrected chi connectivity index (χ1v) is 7.62. The lowest BCUT2D eigenvalue weighted by Gasteiger charge is -1.99. The van der Waals surface area contributed by atoms with Gasteiger partial charge in [0, 0.05) is 10.6 Å². The molecule has 0 saturated heterocycles. The van der Waals surface area contributed by atoms with E-state index in [4.69, 9.17) is 25.6 Å². The molecule has 0 unspecified atom stereocenters. The molecule has 3 aromatic rings. The number of oxime groups is 1. The smallest absolute Gasteiger partial charge is 0.226 e. The number of hydrogen-bond donors (Lipinski definition) is 0. The van der Waals surface area contributed by atoms with Crippen molar-refractivity contribution in [3.8, 4) is 17.2 Å². The SMILES string of the molecule is COc1ccc(-c2nc(CO/N=C/c3ccc(Cl)cc3)co2)cc1. The van der Waals surface area contributed by atoms with Gasteiger partial charge in [-0.05, 0) is 42.0 Å². The zero-order valence-electron chi connectivity index (χ0n) is 13.0. The summed E-state index contributed by atoms with van der Waals surface area (Å²) in [5.41, 5.74) is 2.43. The van der Waals surface area contributed by atoms with Crippen LogP contribution in [0, 0.1) is 0 Å². The van der Waals surface area contributed by atoms with Crippen molar-refractivity contribution in [1.29, 1.82) is 0 Å². The Labute approximate surface area is 144 Å². The minimum atomic E-state index is 0.226. The molecule has 0 N–H and O–H groups in total. The van der Waals surface area contributed by atoms with Crippen LogP contribution in [0.15, 0.2) is 64.4 Å². The minimum absolute atomic E-state index is 0.226. The third-order valence-corrected chi connectivity index (χ3v) is 3.50. The first-order chi connectivity index (χ1) is 11.7. The van der Waals surface area contributed by atoms with Crippen LogP contribution in [0.25, 0.3) is 11.5 Å². The maximum absolute atomic E-state index is 5.82. The summed E-state index contributed by atoms with van der Waals surface area (Å²) >= 11 is 5.82. The number of oxazole rings is 1. The lowest BCUT2D eigenvalue weighted by Crippen LogP contribution is -1.89. The van der Waals surface area contributed by atoms with Crippen molar-refractivity contribution in [2.45, 2.75) is 6.61 Å². The fourth-order valence-corrected chi connectivity index (χ4v) is 2.12. The van der Waals surface area contributed by atoms with E-state index in [1.54, 1.807) is 31.7 Å². The van der Waals surface area contributed by atoms with Crippen LogP contribution in [0.2, 0.25) is 5.02 Å². The van der Waals surface area contributed by atoms with E-state index in [-0.39, 0.29) is 6.61 Å². The van der Waals surface area contributed by atoms with Crippen LogP contribution in [0.3, 0.4) is 0 Å². The molecule has 5 nitrogen and oxygen atoms in total. The number of rotatable bonds is 6. The van der Waals surface area contributed by atoms with Crippen molar-refractivity contribution in [3.05, 3.63) is 71.1 Å². The molecule has 0 amide bonds. The number of halogens is 1. The maximum atomic E-state index is 5.82. The highest BCUT2D eigenvalue weighted by molar-refractivity contribution is 6.30. The molecule has 0 atom stereocenters. The Balaban J connectivity index is 1.56. The fraction of sp³-hybridized carbons (Fsp3) is 0.111. The van der Waals surface area contributed by atoms with Crippen molar-refractivity contribution < 1.29 is 14.0 Å². The molecular formula is C18H15ClN2O3. The second-order valence-corrected chi connectivity index (χ2v) is 5.37. The van der Waals surface area contributed by atoms with Crippen molar-refractivity contribution in [2.24, 2.45) is 5.16 Å². The van der Waals surface area contributed by atoms with E-state index < -0.39 is 0 Å². The number of ether oxygens (including phenoxy) is 1. The second kappa shape index (κ2) is 7.66. The normalized spacial score (nSPS) is 10.9. The number of aromatic nitrogens is 1. The van der Waals surface area contributed by atoms with Crippen molar-refractivity contribution in [3.63, 3.8) is 0 Å². The fourth-order valence-electron chi connectivity index (χ4n) is 1.99. The molecule has 1 aromatic heterocycles. The summed E-state index contributed by atoms with van der Waals surface area (Å²) < 4.78 is 10.6. The van der Waals surface area contributed by atoms with Gasteiger partial charge in [-0.3, -0.25) is 0 Å². The van der Waals surface area contributed by atoms with E-state index in [2.05, 4.69) is 10.1 Å². The Morgan fingerprint density at radius 2 is 1.88 bits per heavy atom. The molecule has 0 radical (unpaired) electrons. The van der Waals surface area contributed by atoms with Crippen LogP contribution in [0.5, 0.6) is 5.75 Å². The number of hydrogen-bond acceptors (Lipinski definition) is 5. The van der Waals surface area contributed by atoms with Gasteiger partial charge in [0.15, 0.2) is 6.61 Å². The molecule has 24 heavy (non-hydrogen) atoms. The standard InChI is InChI=1S/C18H15ClN2O3/c1-22-17-8-4-14(5-9-17)18-21-16(11-23-18)12-24-20-10-13-2-6-15(19)7-3-13/h2-11H,12H2,1H3/b20-10+. The summed E-state index contributed by atoms with van der Waals surface area (Å²) in [7, 11) is 1.63. The topological polar surface area (TPSA) is 56.9 Å². The van der Waals surface area contributed by atoms with Gasteiger partial charge in [0.05, 0.1) is 13.3 Å². The van der Waals surface area contributed by atoms with Gasteiger partial charge in [0.1, 0.15) is 17.7 Å². The van der Waals surface area contributed by atoms with Gasteiger partial charge in [-0.25, -0.2) is 4.98 Å². The summed E-state index contributed by atoms with van der Waals surface area (Å²) in [5.74, 6) is 1.31. The number of benzene rings is 2. The largest absolute Gasteiger partial charge is 0.497 e. The highest BCUT2D eigenvalue weighted by atomic mass is 35.5. The average molecular weight is 343 g/mol. The van der Waals surface area contributed by atoms with Gasteiger partial charge in [-0.15, -0.1) is 0 Å². The van der Waals surface area contributed by atoms with E-state index in [9.17, 15) is 0 Å². The Hall–Kier alpha value is -2.79. The summed E-state index contributed by atoms with van der Waals surface area (Å²) in [6, 6.07) is 14.8. The molecule has 3 rings (SSSR count). The second-order valence-electron chi connectivity index (χ2n) is 4.93. The lowest BCUT2D eigenvalue weighted by molar-refractivity contribution is 0.129. The third kappa shape index (κ3) is 4.14. The predicted octanol–water partition coefficient (Wildman–Crippen LogP) is 4.55. The number of methoxy groups -OCH3 is 1. The summed E-state index contributed by atoms with van der Waals surface area (Å²) in [6.45, 7) is 0.226. The molecule has 0 aliphatic heterocycles. The minimum Gasteiger partial charge on any atom is -0.497 e. The van der Waals surface area contributed by atoms with Crippen LogP contribution in [0.1, 0.15) is 11.3 Å². The van der Waals surface area contributed by atoms with Crippen LogP contribution in [-0.4, -0.2) is 18.3 Å². The Morgan fingerprint density at radius 3 is 2.58 bits per heavy atom. The molecule has 0 saturated carbocycles. The van der Waals surface area contributed by atoms with Gasteiger partial charge < -0.3 is 14.0 Å². The van der Waals surface area contributed by atoms with Crippen LogP contribution >= 0.6 is 11.6 Å².